The van der Waals surface area contributed by atoms with E-state index in [1.165, 1.54) is 23.3 Å². The van der Waals surface area contributed by atoms with Crippen LogP contribution in [0.3, 0.4) is 0 Å². The van der Waals surface area contributed by atoms with Crippen LogP contribution in [-0.4, -0.2) is 55.6 Å². The zero-order chi connectivity index (χ0) is 29.9. The topological polar surface area (TPSA) is 97.1 Å². The zero-order valence-corrected chi connectivity index (χ0v) is 26.5. The summed E-state index contributed by atoms with van der Waals surface area (Å²) in [6, 6.07) is 9.60. The van der Waals surface area contributed by atoms with Crippen LogP contribution in [0.5, 0.6) is 5.75 Å². The molecule has 0 radical (unpaired) electrons. The number of benzene rings is 1. The fraction of sp³-hybridized carbons (Fsp3) is 0.467. The van der Waals surface area contributed by atoms with Crippen molar-refractivity contribution >= 4 is 38.7 Å². The van der Waals surface area contributed by atoms with Crippen molar-refractivity contribution < 1.29 is 22.4 Å². The smallest absolute Gasteiger partial charge is 0.265 e. The number of hydrogen-bond acceptors (Lipinski definition) is 8. The number of sulfone groups is 1. The Morgan fingerprint density at radius 1 is 1.12 bits per heavy atom. The molecular weight excluding hydrogens is 584 g/mol. The monoisotopic (exact) mass is 620 g/mol. The molecule has 3 heterocycles. The number of carbonyl (C=O) groups excluding carboxylic acids is 1. The molecule has 0 unspecified atom stereocenters. The molecule has 41 heavy (non-hydrogen) atoms. The second-order valence-corrected chi connectivity index (χ2v) is 15.3. The Hall–Kier alpha value is -2.66. The van der Waals surface area contributed by atoms with Gasteiger partial charge in [-0.15, -0.1) is 11.3 Å². The molecule has 4 rings (SSSR count). The molecule has 1 fully saturated rings. The summed E-state index contributed by atoms with van der Waals surface area (Å²) in [6.45, 7) is 12.6. The molecule has 0 spiro atoms. The van der Waals surface area contributed by atoms with Crippen LogP contribution in [0.4, 0.5) is 0 Å². The van der Waals surface area contributed by atoms with E-state index in [2.05, 4.69) is 37.8 Å². The standard InChI is InChI=1S/C30H37ClN2O6S2/c1-20(2)41(36,37)26-19-40-28(27(26)31)29(35)33-12-6-11-32(13-14-33)16-23-15-24(34)25(18-38-23)39-17-21-7-9-22(10-8-21)30(3,4)5/h7-10,15,18-20H,6,11-14,16-17H2,1-5H3. The Balaban J connectivity index is 1.33. The van der Waals surface area contributed by atoms with Crippen molar-refractivity contribution in [2.45, 2.75) is 69.8 Å². The van der Waals surface area contributed by atoms with E-state index >= 15 is 0 Å². The Bertz CT molecular complexity index is 1540. The van der Waals surface area contributed by atoms with Gasteiger partial charge in [0, 0.05) is 37.6 Å². The molecule has 0 N–H and O–H groups in total. The van der Waals surface area contributed by atoms with E-state index in [9.17, 15) is 18.0 Å². The highest BCUT2D eigenvalue weighted by Gasteiger charge is 2.30. The van der Waals surface area contributed by atoms with Gasteiger partial charge in [-0.3, -0.25) is 14.5 Å². The fourth-order valence-electron chi connectivity index (χ4n) is 4.50. The second kappa shape index (κ2) is 12.7. The van der Waals surface area contributed by atoms with Gasteiger partial charge in [0.1, 0.15) is 23.5 Å². The number of carbonyl (C=O) groups is 1. The molecule has 0 bridgehead atoms. The summed E-state index contributed by atoms with van der Waals surface area (Å²) in [6.07, 6.45) is 2.07. The first-order valence-electron chi connectivity index (χ1n) is 13.6. The molecule has 0 saturated carbocycles. The minimum atomic E-state index is -3.58. The largest absolute Gasteiger partial charge is 0.482 e. The predicted molar refractivity (Wildman–Crippen MR) is 162 cm³/mol. The lowest BCUT2D eigenvalue weighted by Crippen LogP contribution is -2.35. The number of nitrogens with zero attached hydrogens (tertiary/aromatic N) is 2. The summed E-state index contributed by atoms with van der Waals surface area (Å²) in [5.41, 5.74) is 2.01. The van der Waals surface area contributed by atoms with Crippen molar-refractivity contribution in [3.63, 3.8) is 0 Å². The van der Waals surface area contributed by atoms with Crippen molar-refractivity contribution in [2.75, 3.05) is 26.2 Å². The zero-order valence-electron chi connectivity index (χ0n) is 24.1. The maximum absolute atomic E-state index is 13.2. The van der Waals surface area contributed by atoms with Crippen LogP contribution in [0.15, 0.2) is 56.1 Å². The first kappa shape index (κ1) is 31.3. The number of halogens is 1. The highest BCUT2D eigenvalue weighted by atomic mass is 35.5. The molecule has 2 aromatic heterocycles. The summed E-state index contributed by atoms with van der Waals surface area (Å²) < 4.78 is 36.6. The first-order chi connectivity index (χ1) is 19.3. The highest BCUT2D eigenvalue weighted by Crippen LogP contribution is 2.34. The normalized spacial score (nSPS) is 15.2. The summed E-state index contributed by atoms with van der Waals surface area (Å²) in [4.78, 5) is 30.0. The SMILES string of the molecule is CC(C)S(=O)(=O)c1csc(C(=O)N2CCCN(Cc3cc(=O)c(OCc4ccc(C(C)(C)C)cc4)co3)CC2)c1Cl. The second-order valence-electron chi connectivity index (χ2n) is 11.6. The summed E-state index contributed by atoms with van der Waals surface area (Å²) >= 11 is 7.43. The van der Waals surface area contributed by atoms with Crippen LogP contribution in [0, 0.1) is 0 Å². The maximum Gasteiger partial charge on any atom is 0.265 e. The van der Waals surface area contributed by atoms with Gasteiger partial charge in [-0.1, -0.05) is 56.6 Å². The van der Waals surface area contributed by atoms with Crippen molar-refractivity contribution in [3.05, 3.63) is 79.0 Å². The van der Waals surface area contributed by atoms with Gasteiger partial charge < -0.3 is 14.1 Å². The molecule has 1 amide bonds. The maximum atomic E-state index is 13.2. The lowest BCUT2D eigenvalue weighted by molar-refractivity contribution is 0.0765. The minimum Gasteiger partial charge on any atom is -0.482 e. The van der Waals surface area contributed by atoms with Crippen molar-refractivity contribution in [1.82, 2.24) is 9.80 Å². The van der Waals surface area contributed by atoms with Crippen LogP contribution in [0.25, 0.3) is 0 Å². The van der Waals surface area contributed by atoms with Crippen molar-refractivity contribution in [1.29, 1.82) is 0 Å². The van der Waals surface area contributed by atoms with E-state index in [1.807, 2.05) is 12.1 Å². The molecule has 0 aliphatic carbocycles. The van der Waals surface area contributed by atoms with Crippen LogP contribution in [0.1, 0.15) is 67.6 Å². The average molecular weight is 621 g/mol. The van der Waals surface area contributed by atoms with E-state index in [4.69, 9.17) is 20.8 Å². The number of rotatable bonds is 8. The Morgan fingerprint density at radius 2 is 1.83 bits per heavy atom. The molecule has 222 valence electrons. The first-order valence-corrected chi connectivity index (χ1v) is 16.4. The molecular formula is C30H37ClN2O6S2. The summed E-state index contributed by atoms with van der Waals surface area (Å²) in [5, 5.41) is 0.823. The quantitative estimate of drug-likeness (QED) is 0.316. The van der Waals surface area contributed by atoms with Crippen LogP contribution in [0.2, 0.25) is 5.02 Å². The number of thiophene rings is 1. The number of ether oxygens (including phenoxy) is 1. The molecule has 1 aromatic carbocycles. The van der Waals surface area contributed by atoms with Gasteiger partial charge >= 0.3 is 0 Å². The van der Waals surface area contributed by atoms with Gasteiger partial charge in [-0.2, -0.15) is 0 Å². The summed E-state index contributed by atoms with van der Waals surface area (Å²) in [7, 11) is -3.58. The van der Waals surface area contributed by atoms with Crippen molar-refractivity contribution in [2.24, 2.45) is 0 Å². The van der Waals surface area contributed by atoms with Crippen molar-refractivity contribution in [3.8, 4) is 5.75 Å². The Kier molecular flexibility index (Phi) is 9.68. The van der Waals surface area contributed by atoms with Gasteiger partial charge in [0.15, 0.2) is 9.84 Å². The van der Waals surface area contributed by atoms with E-state index < -0.39 is 15.1 Å². The van der Waals surface area contributed by atoms with Gasteiger partial charge in [0.2, 0.25) is 11.2 Å². The molecule has 0 atom stereocenters. The molecule has 1 aliphatic rings. The summed E-state index contributed by atoms with van der Waals surface area (Å²) in [5.74, 6) is 0.405. The fourth-order valence-corrected chi connectivity index (χ4v) is 7.55. The Labute approximate surface area is 250 Å². The lowest BCUT2D eigenvalue weighted by atomic mass is 9.87. The molecule has 1 saturated heterocycles. The van der Waals surface area contributed by atoms with E-state index in [1.54, 1.807) is 18.7 Å². The number of hydrogen-bond donors (Lipinski definition) is 0. The van der Waals surface area contributed by atoms with Gasteiger partial charge in [0.05, 0.1) is 21.7 Å². The molecule has 11 heteroatoms. The molecule has 8 nitrogen and oxygen atoms in total. The third kappa shape index (κ3) is 7.41. The third-order valence-corrected chi connectivity index (χ3v) is 11.1. The average Bonchev–Trinajstić information content (AvgIpc) is 3.15. The third-order valence-electron chi connectivity index (χ3n) is 7.14. The number of amides is 1. The van der Waals surface area contributed by atoms with Crippen LogP contribution in [-0.2, 0) is 28.4 Å². The molecule has 1 aliphatic heterocycles. The van der Waals surface area contributed by atoms with E-state index in [0.29, 0.717) is 44.9 Å². The van der Waals surface area contributed by atoms with Gasteiger partial charge in [-0.25, -0.2) is 8.42 Å². The highest BCUT2D eigenvalue weighted by molar-refractivity contribution is 7.92. The predicted octanol–water partition coefficient (Wildman–Crippen LogP) is 5.76. The van der Waals surface area contributed by atoms with Gasteiger partial charge in [-0.05, 0) is 36.8 Å². The lowest BCUT2D eigenvalue weighted by Gasteiger charge is -2.21. The van der Waals surface area contributed by atoms with Crippen LogP contribution < -0.4 is 10.2 Å². The minimum absolute atomic E-state index is 0.000749. The van der Waals surface area contributed by atoms with Gasteiger partial charge in [0.25, 0.3) is 5.91 Å². The Morgan fingerprint density at radius 3 is 2.46 bits per heavy atom. The van der Waals surface area contributed by atoms with Crippen LogP contribution >= 0.6 is 22.9 Å². The molecule has 3 aromatic rings. The van der Waals surface area contributed by atoms with E-state index in [-0.39, 0.29) is 43.9 Å². The van der Waals surface area contributed by atoms with E-state index in [0.717, 1.165) is 16.9 Å².